The van der Waals surface area contributed by atoms with E-state index in [0.717, 1.165) is 16.7 Å². The van der Waals surface area contributed by atoms with Gasteiger partial charge in [-0.2, -0.15) is 0 Å². The van der Waals surface area contributed by atoms with Crippen LogP contribution in [0.25, 0.3) is 5.57 Å². The van der Waals surface area contributed by atoms with Gasteiger partial charge in [-0.25, -0.2) is 13.1 Å². The minimum absolute atomic E-state index is 0.0949. The molecule has 0 radical (unpaired) electrons. The van der Waals surface area contributed by atoms with Crippen LogP contribution in [-0.2, 0) is 36.2 Å². The fourth-order valence-corrected chi connectivity index (χ4v) is 8.80. The number of benzene rings is 4. The molecule has 61 heavy (non-hydrogen) atoms. The number of aromatic nitrogens is 1. The minimum atomic E-state index is -3.55. The molecule has 0 aliphatic carbocycles. The van der Waals surface area contributed by atoms with E-state index >= 15 is 0 Å². The van der Waals surface area contributed by atoms with Crippen LogP contribution >= 0.6 is 0 Å². The Morgan fingerprint density at radius 2 is 1.26 bits per heavy atom. The van der Waals surface area contributed by atoms with E-state index in [1.807, 2.05) is 47.5 Å². The number of ether oxygens (including phenoxy) is 4. The van der Waals surface area contributed by atoms with Crippen LogP contribution in [0.15, 0.2) is 112 Å². The fourth-order valence-electron chi connectivity index (χ4n) is 8.07. The van der Waals surface area contributed by atoms with Gasteiger partial charge < -0.3 is 28.7 Å². The summed E-state index contributed by atoms with van der Waals surface area (Å²) >= 11 is 0. The fraction of sp³-hybridized carbons (Fsp3) is 0.239. The van der Waals surface area contributed by atoms with Crippen molar-refractivity contribution in [3.05, 3.63) is 136 Å². The van der Waals surface area contributed by atoms with Crippen molar-refractivity contribution in [2.75, 3.05) is 27.8 Å². The number of nitrogens with zero attached hydrogens (tertiary/aromatic N) is 5. The third-order valence-corrected chi connectivity index (χ3v) is 12.8. The van der Waals surface area contributed by atoms with Gasteiger partial charge in [-0.05, 0) is 78.6 Å². The van der Waals surface area contributed by atoms with E-state index in [2.05, 4.69) is 16.9 Å². The maximum absolute atomic E-state index is 13.9. The number of nitrogens with one attached hydrogen (secondary N) is 1. The molecule has 2 atom stereocenters. The molecule has 15 heteroatoms. The topological polar surface area (TPSA) is 161 Å². The third kappa shape index (κ3) is 7.73. The monoisotopic (exact) mass is 838 g/mol. The van der Waals surface area contributed by atoms with Crippen molar-refractivity contribution < 1.29 is 37.0 Å². The van der Waals surface area contributed by atoms with Crippen molar-refractivity contribution in [2.45, 2.75) is 49.6 Å². The van der Waals surface area contributed by atoms with Crippen LogP contribution in [0.5, 0.6) is 23.0 Å². The van der Waals surface area contributed by atoms with Gasteiger partial charge in [0.25, 0.3) is 11.8 Å². The van der Waals surface area contributed by atoms with Crippen LogP contribution in [-0.4, -0.2) is 87.3 Å². The Morgan fingerprint density at radius 1 is 0.689 bits per heavy atom. The van der Waals surface area contributed by atoms with Gasteiger partial charge in [0, 0.05) is 37.7 Å². The Balaban J connectivity index is 0.873. The molecule has 1 aromatic heterocycles. The minimum Gasteiger partial charge on any atom is -0.493 e. The number of rotatable bonds is 11. The van der Waals surface area contributed by atoms with Crippen molar-refractivity contribution in [3.63, 3.8) is 0 Å². The second kappa shape index (κ2) is 16.3. The Hall–Kier alpha value is -6.84. The van der Waals surface area contributed by atoms with Crippen LogP contribution in [0.3, 0.4) is 0 Å². The first-order valence-electron chi connectivity index (χ1n) is 19.8. The van der Waals surface area contributed by atoms with Gasteiger partial charge in [0.1, 0.15) is 13.2 Å². The summed E-state index contributed by atoms with van der Waals surface area (Å²) in [6, 6.07) is 26.7. The molecule has 0 saturated heterocycles. The number of carbonyl (C=O) groups excluding carboxylic acids is 2. The zero-order valence-corrected chi connectivity index (χ0v) is 34.5. The van der Waals surface area contributed by atoms with E-state index in [0.29, 0.717) is 82.8 Å². The molecule has 2 amide bonds. The number of sulfonamides is 1. The van der Waals surface area contributed by atoms with E-state index in [9.17, 15) is 18.0 Å². The number of pyridine rings is 1. The maximum Gasteiger partial charge on any atom is 0.257 e. The summed E-state index contributed by atoms with van der Waals surface area (Å²) in [7, 11) is 0.876. The van der Waals surface area contributed by atoms with Crippen molar-refractivity contribution in [2.24, 2.45) is 9.98 Å². The quantitative estimate of drug-likeness (QED) is 0.157. The second-order valence-corrected chi connectivity index (χ2v) is 16.8. The third-order valence-electron chi connectivity index (χ3n) is 11.4. The molecule has 4 aliphatic heterocycles. The van der Waals surface area contributed by atoms with Gasteiger partial charge in [-0.3, -0.25) is 24.6 Å². The van der Waals surface area contributed by atoms with Crippen LogP contribution in [0.1, 0.15) is 55.2 Å². The van der Waals surface area contributed by atoms with Gasteiger partial charge in [0.05, 0.1) is 65.1 Å². The molecule has 1 unspecified atom stereocenters. The van der Waals surface area contributed by atoms with E-state index in [1.54, 1.807) is 59.6 Å². The summed E-state index contributed by atoms with van der Waals surface area (Å²) in [4.78, 5) is 45.7. The van der Waals surface area contributed by atoms with Crippen LogP contribution in [0, 0.1) is 0 Å². The molecule has 14 nitrogen and oxygen atoms in total. The highest BCUT2D eigenvalue weighted by molar-refractivity contribution is 7.89. The zero-order chi connectivity index (χ0) is 42.3. The second-order valence-electron chi connectivity index (χ2n) is 15.0. The number of amides is 2. The summed E-state index contributed by atoms with van der Waals surface area (Å²) < 4.78 is 50.6. The summed E-state index contributed by atoms with van der Waals surface area (Å²) in [5.74, 6) is 1.33. The molecule has 0 bridgehead atoms. The Kier molecular flexibility index (Phi) is 10.6. The van der Waals surface area contributed by atoms with Crippen LogP contribution < -0.4 is 23.7 Å². The maximum atomic E-state index is 13.9. The first kappa shape index (κ1) is 39.6. The number of methoxy groups -OCH3 is 2. The standard InChI is InChI=1S/C46H42N6O8S/c1-47-61(55,56)36-13-11-28(12-14-36)30-15-16-51-34(18-30)23-48-39-21-43(41(57-2)19-37(39)45(51)53)59-26-32-9-6-10-33(50-32)27-60-44-22-40-38(20-42(44)58-3)46(54)52-25-31-8-5-4-7-29(31)17-35(52)24-49-40/h4-15,19-24,34-35,47H,16-18,25-27H2,1-3H3/t34?,35-/m0/s1. The lowest BCUT2D eigenvalue weighted by atomic mass is 9.94. The van der Waals surface area contributed by atoms with E-state index in [4.69, 9.17) is 33.9 Å². The first-order valence-corrected chi connectivity index (χ1v) is 21.3. The highest BCUT2D eigenvalue weighted by Gasteiger charge is 2.34. The molecule has 310 valence electrons. The van der Waals surface area contributed by atoms with Gasteiger partial charge in [0.2, 0.25) is 10.0 Å². The van der Waals surface area contributed by atoms with E-state index in [-0.39, 0.29) is 42.0 Å². The Bertz CT molecular complexity index is 2770. The van der Waals surface area contributed by atoms with Crippen molar-refractivity contribution in [3.8, 4) is 23.0 Å². The number of carbonyl (C=O) groups is 2. The highest BCUT2D eigenvalue weighted by atomic mass is 32.2. The lowest BCUT2D eigenvalue weighted by Gasteiger charge is -2.34. The van der Waals surface area contributed by atoms with Crippen molar-refractivity contribution >= 4 is 51.2 Å². The molecule has 0 saturated carbocycles. The largest absolute Gasteiger partial charge is 0.493 e. The molecular formula is C46H42N6O8S. The lowest BCUT2D eigenvalue weighted by molar-refractivity contribution is 0.0702. The van der Waals surface area contributed by atoms with Crippen molar-refractivity contribution in [1.29, 1.82) is 0 Å². The number of hydrogen-bond acceptors (Lipinski definition) is 11. The van der Waals surface area contributed by atoms with Crippen LogP contribution in [0.4, 0.5) is 11.4 Å². The van der Waals surface area contributed by atoms with E-state index in [1.165, 1.54) is 26.8 Å². The molecule has 0 fully saturated rings. The molecule has 9 rings (SSSR count). The predicted molar refractivity (Wildman–Crippen MR) is 229 cm³/mol. The van der Waals surface area contributed by atoms with Crippen LogP contribution in [0.2, 0.25) is 0 Å². The Labute approximate surface area is 353 Å². The van der Waals surface area contributed by atoms with Gasteiger partial charge in [0.15, 0.2) is 23.0 Å². The SMILES string of the molecule is CNS(=O)(=O)c1ccc(C2=CCN3C(=O)c4cc(OC)c(OCc5cccc(COc6cc7c(cc6OC)C(=O)N6Cc8ccccc8C[C@H]6C=N7)n5)cc4N=CC3C2)cc1. The summed E-state index contributed by atoms with van der Waals surface area (Å²) in [6.45, 7) is 1.07. The smallest absolute Gasteiger partial charge is 0.257 e. The Morgan fingerprint density at radius 3 is 1.85 bits per heavy atom. The first-order chi connectivity index (χ1) is 29.6. The molecule has 1 N–H and O–H groups in total. The van der Waals surface area contributed by atoms with Gasteiger partial charge in [-0.1, -0.05) is 48.5 Å². The number of hydrogen-bond donors (Lipinski definition) is 1. The molecule has 0 spiro atoms. The number of fused-ring (bicyclic) bond motifs is 5. The van der Waals surface area contributed by atoms with E-state index < -0.39 is 10.0 Å². The molecule has 4 aromatic carbocycles. The highest BCUT2D eigenvalue weighted by Crippen LogP contribution is 2.41. The van der Waals surface area contributed by atoms with Crippen molar-refractivity contribution in [1.82, 2.24) is 19.5 Å². The average Bonchev–Trinajstić information content (AvgIpc) is 3.51. The molecular weight excluding hydrogens is 797 g/mol. The number of aliphatic imine (C=N–C) groups is 2. The normalized spacial score (nSPS) is 17.8. The average molecular weight is 839 g/mol. The van der Waals surface area contributed by atoms with Gasteiger partial charge in [-0.15, -0.1) is 0 Å². The van der Waals surface area contributed by atoms with Gasteiger partial charge >= 0.3 is 0 Å². The molecule has 5 aromatic rings. The summed E-state index contributed by atoms with van der Waals surface area (Å²) in [5, 5.41) is 0. The lowest BCUT2D eigenvalue weighted by Crippen LogP contribution is -2.44. The predicted octanol–water partition coefficient (Wildman–Crippen LogP) is 6.46. The zero-order valence-electron chi connectivity index (χ0n) is 33.7. The molecule has 4 aliphatic rings. The molecule has 5 heterocycles. The summed E-state index contributed by atoms with van der Waals surface area (Å²) in [5.41, 5.74) is 7.31. The summed E-state index contributed by atoms with van der Waals surface area (Å²) in [6.07, 6.45) is 6.80.